The molecule has 0 N–H and O–H groups in total. The lowest BCUT2D eigenvalue weighted by Crippen LogP contribution is -1.97. The van der Waals surface area contributed by atoms with Crippen LogP contribution in [0.25, 0.3) is 15.9 Å². The van der Waals surface area contributed by atoms with Crippen LogP contribution in [0.4, 0.5) is 5.82 Å². The Morgan fingerprint density at radius 3 is 2.84 bits per heavy atom. The van der Waals surface area contributed by atoms with Gasteiger partial charge in [-0.05, 0) is 55.0 Å². The first-order chi connectivity index (χ1) is 12.0. The van der Waals surface area contributed by atoms with Crippen molar-refractivity contribution in [3.05, 3.63) is 61.3 Å². The molecule has 10 heteroatoms. The molecule has 0 radical (unpaired) electrons. The van der Waals surface area contributed by atoms with E-state index >= 15 is 0 Å². The van der Waals surface area contributed by atoms with Crippen LogP contribution in [0.3, 0.4) is 0 Å². The highest BCUT2D eigenvalue weighted by molar-refractivity contribution is 9.11. The van der Waals surface area contributed by atoms with Gasteiger partial charge in [0.25, 0.3) is 0 Å². The molecule has 0 unspecified atom stereocenters. The first-order valence-corrected chi connectivity index (χ1v) is 10.4. The van der Waals surface area contributed by atoms with E-state index in [9.17, 15) is 10.1 Å². The molecule has 0 bridgehead atoms. The molecule has 0 saturated carbocycles. The van der Waals surface area contributed by atoms with Crippen molar-refractivity contribution in [3.63, 3.8) is 0 Å². The number of fused-ring (bicyclic) bond motifs is 2. The van der Waals surface area contributed by atoms with Crippen molar-refractivity contribution in [3.8, 4) is 0 Å². The van der Waals surface area contributed by atoms with E-state index in [0.717, 1.165) is 19.0 Å². The molecule has 25 heavy (non-hydrogen) atoms. The van der Waals surface area contributed by atoms with Gasteiger partial charge in [-0.15, -0.1) is 11.3 Å². The number of nitro groups is 1. The lowest BCUT2D eigenvalue weighted by Gasteiger charge is -1.98. The third-order valence-corrected chi connectivity index (χ3v) is 6.67. The highest BCUT2D eigenvalue weighted by Crippen LogP contribution is 2.35. The number of rotatable bonds is 4. The van der Waals surface area contributed by atoms with E-state index in [-0.39, 0.29) is 5.82 Å². The van der Waals surface area contributed by atoms with Crippen molar-refractivity contribution in [2.75, 3.05) is 0 Å². The zero-order valence-corrected chi connectivity index (χ0v) is 17.2. The van der Waals surface area contributed by atoms with Gasteiger partial charge in [0.05, 0.1) is 24.9 Å². The molecule has 0 fully saturated rings. The van der Waals surface area contributed by atoms with Crippen LogP contribution in [-0.2, 0) is 5.75 Å². The average Bonchev–Trinajstić information content (AvgIpc) is 3.13. The quantitative estimate of drug-likeness (QED) is 0.205. The summed E-state index contributed by atoms with van der Waals surface area (Å²) in [4.78, 5) is 20.2. The second-order valence-corrected chi connectivity index (χ2v) is 9.10. The number of pyridine rings is 1. The maximum atomic E-state index is 11.6. The van der Waals surface area contributed by atoms with Crippen LogP contribution < -0.4 is 0 Å². The van der Waals surface area contributed by atoms with Gasteiger partial charge in [-0.1, -0.05) is 23.9 Å². The van der Waals surface area contributed by atoms with Crippen LogP contribution >= 0.6 is 55.0 Å². The average molecular weight is 500 g/mol. The maximum absolute atomic E-state index is 11.6. The van der Waals surface area contributed by atoms with Crippen LogP contribution in [0, 0.1) is 10.1 Å². The van der Waals surface area contributed by atoms with E-state index in [1.165, 1.54) is 16.2 Å². The maximum Gasteiger partial charge on any atom is 0.351 e. The lowest BCUT2D eigenvalue weighted by molar-refractivity contribution is -0.391. The molecule has 126 valence electrons. The number of imidazole rings is 1. The molecule has 0 spiro atoms. The molecule has 1 aromatic carbocycles. The second-order valence-electron chi connectivity index (χ2n) is 5.08. The Balaban J connectivity index is 1.72. The van der Waals surface area contributed by atoms with Gasteiger partial charge in [0.15, 0.2) is 4.34 Å². The van der Waals surface area contributed by atoms with Crippen molar-refractivity contribution in [2.45, 2.75) is 10.1 Å². The smallest absolute Gasteiger partial charge is 0.351 e. The number of halogens is 2. The summed E-state index contributed by atoms with van der Waals surface area (Å²) in [7, 11) is 0. The van der Waals surface area contributed by atoms with Crippen molar-refractivity contribution in [1.82, 2.24) is 14.4 Å². The number of thiazole rings is 1. The van der Waals surface area contributed by atoms with E-state index in [2.05, 4.69) is 41.8 Å². The third kappa shape index (κ3) is 3.19. The summed E-state index contributed by atoms with van der Waals surface area (Å²) >= 11 is 9.80. The molecule has 3 heterocycles. The first-order valence-electron chi connectivity index (χ1n) is 7.01. The zero-order chi connectivity index (χ0) is 17.6. The molecule has 0 aliphatic heterocycles. The summed E-state index contributed by atoms with van der Waals surface area (Å²) in [5.74, 6) is 0.354. The fraction of sp³-hybridized carbons (Fsp3) is 0.0667. The number of hydrogen-bond acceptors (Lipinski definition) is 6. The topological polar surface area (TPSA) is 73.3 Å². The SMILES string of the molecule is O=[N+]([O-])c1c(CSc2nc3ccccc3s2)nc2c(Br)cc(Br)cn12. The summed E-state index contributed by atoms with van der Waals surface area (Å²) in [6.45, 7) is 0. The molecule has 0 aliphatic rings. The normalized spacial score (nSPS) is 11.4. The van der Waals surface area contributed by atoms with Gasteiger partial charge < -0.3 is 10.1 Å². The van der Waals surface area contributed by atoms with Crippen molar-refractivity contribution < 1.29 is 4.92 Å². The Kier molecular flexibility index (Phi) is 4.52. The lowest BCUT2D eigenvalue weighted by atomic mass is 10.3. The third-order valence-electron chi connectivity index (χ3n) is 3.47. The molecule has 0 saturated heterocycles. The number of para-hydroxylation sites is 1. The number of benzene rings is 1. The molecule has 0 aliphatic carbocycles. The summed E-state index contributed by atoms with van der Waals surface area (Å²) in [5, 5.41) is 11.6. The molecule has 4 aromatic rings. The van der Waals surface area contributed by atoms with Crippen LogP contribution in [0.5, 0.6) is 0 Å². The fourth-order valence-corrected chi connectivity index (χ4v) is 5.70. The van der Waals surface area contributed by atoms with Crippen molar-refractivity contribution in [1.29, 1.82) is 0 Å². The number of nitrogens with zero attached hydrogens (tertiary/aromatic N) is 4. The van der Waals surface area contributed by atoms with E-state index in [0.29, 0.717) is 21.6 Å². The fourth-order valence-electron chi connectivity index (χ4n) is 2.44. The van der Waals surface area contributed by atoms with E-state index < -0.39 is 4.92 Å². The molecule has 6 nitrogen and oxygen atoms in total. The summed E-state index contributed by atoms with van der Waals surface area (Å²) < 4.78 is 4.88. The van der Waals surface area contributed by atoms with Gasteiger partial charge in [-0.3, -0.25) is 0 Å². The first kappa shape index (κ1) is 17.0. The Bertz CT molecular complexity index is 1090. The van der Waals surface area contributed by atoms with Crippen LogP contribution in [0.1, 0.15) is 5.69 Å². The molecule has 0 atom stereocenters. The molecule has 4 rings (SSSR count). The number of thioether (sulfide) groups is 1. The minimum absolute atomic E-state index is 0.0226. The van der Waals surface area contributed by atoms with Crippen molar-refractivity contribution in [2.24, 2.45) is 0 Å². The molecular formula is C15H8Br2N4O2S2. The minimum atomic E-state index is -0.396. The predicted molar refractivity (Wildman–Crippen MR) is 106 cm³/mol. The summed E-state index contributed by atoms with van der Waals surface area (Å²) in [6.07, 6.45) is 1.65. The van der Waals surface area contributed by atoms with E-state index in [1.54, 1.807) is 17.5 Å². The van der Waals surface area contributed by atoms with Crippen LogP contribution in [0.2, 0.25) is 0 Å². The highest BCUT2D eigenvalue weighted by atomic mass is 79.9. The Morgan fingerprint density at radius 1 is 1.28 bits per heavy atom. The Morgan fingerprint density at radius 2 is 2.08 bits per heavy atom. The summed E-state index contributed by atoms with van der Waals surface area (Å²) in [5.41, 5.74) is 1.88. The minimum Gasteiger partial charge on any atom is -0.358 e. The number of aromatic nitrogens is 3. The molecule has 0 amide bonds. The van der Waals surface area contributed by atoms with Gasteiger partial charge in [0, 0.05) is 0 Å². The molecular weight excluding hydrogens is 492 g/mol. The van der Waals surface area contributed by atoms with E-state index in [4.69, 9.17) is 0 Å². The summed E-state index contributed by atoms with van der Waals surface area (Å²) in [6, 6.07) is 9.70. The standard InChI is InChI=1S/C15H8Br2N4O2S2/c16-8-5-9(17)13-18-11(14(21(22)23)20(13)6-8)7-24-15-19-10-3-1-2-4-12(10)25-15/h1-6H,7H2. The van der Waals surface area contributed by atoms with Gasteiger partial charge in [0.1, 0.15) is 11.9 Å². The van der Waals surface area contributed by atoms with Gasteiger partial charge >= 0.3 is 5.82 Å². The van der Waals surface area contributed by atoms with Crippen LogP contribution in [0.15, 0.2) is 49.8 Å². The largest absolute Gasteiger partial charge is 0.358 e. The number of hydrogen-bond donors (Lipinski definition) is 0. The second kappa shape index (κ2) is 6.67. The van der Waals surface area contributed by atoms with Gasteiger partial charge in [-0.2, -0.15) is 4.40 Å². The highest BCUT2D eigenvalue weighted by Gasteiger charge is 2.25. The molecule has 3 aromatic heterocycles. The monoisotopic (exact) mass is 498 g/mol. The predicted octanol–water partition coefficient (Wildman–Crippen LogP) is 5.67. The van der Waals surface area contributed by atoms with Gasteiger partial charge in [0.2, 0.25) is 5.65 Å². The van der Waals surface area contributed by atoms with Crippen LogP contribution in [-0.4, -0.2) is 19.3 Å². The van der Waals surface area contributed by atoms with E-state index in [1.807, 2.05) is 30.3 Å². The van der Waals surface area contributed by atoms with Crippen molar-refractivity contribution >= 4 is 76.6 Å². The zero-order valence-electron chi connectivity index (χ0n) is 12.3. The Labute approximate surface area is 166 Å². The Hall–Kier alpha value is -1.49. The van der Waals surface area contributed by atoms with Gasteiger partial charge in [-0.25, -0.2) is 9.97 Å².